The van der Waals surface area contributed by atoms with Crippen LogP contribution in [0.2, 0.25) is 0 Å². The van der Waals surface area contributed by atoms with E-state index in [4.69, 9.17) is 4.52 Å². The van der Waals surface area contributed by atoms with Gasteiger partial charge in [0.2, 0.25) is 17.6 Å². The number of anilines is 1. The number of piperidine rings is 1. The first-order valence-electron chi connectivity index (χ1n) is 10.1. The number of carbonyl (C=O) groups excluding carboxylic acids is 2. The minimum absolute atomic E-state index is 0.0206. The van der Waals surface area contributed by atoms with E-state index in [1.165, 1.54) is 11.3 Å². The maximum atomic E-state index is 12.9. The first-order valence-corrected chi connectivity index (χ1v) is 11.0. The quantitative estimate of drug-likeness (QED) is 0.653. The second kappa shape index (κ2) is 8.79. The summed E-state index contributed by atoms with van der Waals surface area (Å²) in [5.41, 5.74) is 2.49. The Morgan fingerprint density at radius 3 is 2.97 bits per heavy atom. The second-order valence-corrected chi connectivity index (χ2v) is 8.38. The molecule has 1 fully saturated rings. The van der Waals surface area contributed by atoms with E-state index in [9.17, 15) is 9.59 Å². The molecule has 4 rings (SSSR count). The second-order valence-electron chi connectivity index (χ2n) is 7.46. The Morgan fingerprint density at radius 1 is 1.33 bits per heavy atom. The molecule has 1 aliphatic heterocycles. The summed E-state index contributed by atoms with van der Waals surface area (Å²) >= 11 is 1.48. The SMILES string of the molecule is CCC(=O)Nc1cccc(-c2noc([C@H]3CCCN(C(=O)c4sccc4C)C3)n2)c1. The van der Waals surface area contributed by atoms with E-state index in [2.05, 4.69) is 15.5 Å². The number of hydrogen-bond donors (Lipinski definition) is 1. The van der Waals surface area contributed by atoms with Gasteiger partial charge in [-0.05, 0) is 48.9 Å². The van der Waals surface area contributed by atoms with Gasteiger partial charge in [0.15, 0.2) is 0 Å². The van der Waals surface area contributed by atoms with Gasteiger partial charge in [0.05, 0.1) is 10.8 Å². The highest BCUT2D eigenvalue weighted by atomic mass is 32.1. The van der Waals surface area contributed by atoms with Gasteiger partial charge in [-0.2, -0.15) is 4.98 Å². The van der Waals surface area contributed by atoms with Crippen LogP contribution >= 0.6 is 11.3 Å². The third-order valence-corrected chi connectivity index (χ3v) is 6.29. The molecule has 1 aromatic carbocycles. The van der Waals surface area contributed by atoms with E-state index in [-0.39, 0.29) is 17.7 Å². The van der Waals surface area contributed by atoms with Crippen LogP contribution in [0, 0.1) is 6.92 Å². The average Bonchev–Trinajstić information content (AvgIpc) is 3.43. The van der Waals surface area contributed by atoms with Gasteiger partial charge in [-0.1, -0.05) is 24.2 Å². The molecule has 1 saturated heterocycles. The number of likely N-dealkylation sites (tertiary alicyclic amines) is 1. The maximum Gasteiger partial charge on any atom is 0.264 e. The molecular weight excluding hydrogens is 400 g/mol. The van der Waals surface area contributed by atoms with Crippen molar-refractivity contribution in [2.45, 2.75) is 39.0 Å². The monoisotopic (exact) mass is 424 g/mol. The van der Waals surface area contributed by atoms with E-state index in [1.807, 2.05) is 54.5 Å². The van der Waals surface area contributed by atoms with Crippen LogP contribution < -0.4 is 5.32 Å². The van der Waals surface area contributed by atoms with Gasteiger partial charge in [0, 0.05) is 30.8 Å². The average molecular weight is 425 g/mol. The van der Waals surface area contributed by atoms with E-state index in [0.717, 1.165) is 35.4 Å². The van der Waals surface area contributed by atoms with Crippen molar-refractivity contribution < 1.29 is 14.1 Å². The molecule has 7 nitrogen and oxygen atoms in total. The Morgan fingerprint density at radius 2 is 2.20 bits per heavy atom. The lowest BCUT2D eigenvalue weighted by molar-refractivity contribution is -0.115. The minimum Gasteiger partial charge on any atom is -0.339 e. The summed E-state index contributed by atoms with van der Waals surface area (Å²) < 4.78 is 5.56. The van der Waals surface area contributed by atoms with Gasteiger partial charge < -0.3 is 14.7 Å². The number of aromatic nitrogens is 2. The summed E-state index contributed by atoms with van der Waals surface area (Å²) in [5.74, 6) is 1.08. The fourth-order valence-electron chi connectivity index (χ4n) is 3.60. The smallest absolute Gasteiger partial charge is 0.264 e. The number of rotatable bonds is 5. The number of benzene rings is 1. The Kier molecular flexibility index (Phi) is 5.94. The standard InChI is InChI=1S/C22H24N4O3S/c1-3-18(27)23-17-8-4-6-15(12-17)20-24-21(29-25-20)16-7-5-10-26(13-16)22(28)19-14(2)9-11-30-19/h4,6,8-9,11-12,16H,3,5,7,10,13H2,1-2H3,(H,23,27)/t16-/m0/s1. The normalized spacial score (nSPS) is 16.5. The largest absolute Gasteiger partial charge is 0.339 e. The zero-order valence-corrected chi connectivity index (χ0v) is 17.9. The van der Waals surface area contributed by atoms with Crippen LogP contribution in [0.5, 0.6) is 0 Å². The minimum atomic E-state index is -0.0473. The molecule has 2 aromatic heterocycles. The molecule has 1 atom stereocenters. The van der Waals surface area contributed by atoms with Gasteiger partial charge in [0.1, 0.15) is 0 Å². The molecule has 1 aliphatic rings. The van der Waals surface area contributed by atoms with Gasteiger partial charge in [-0.3, -0.25) is 9.59 Å². The number of hydrogen-bond acceptors (Lipinski definition) is 6. The summed E-state index contributed by atoms with van der Waals surface area (Å²) in [6, 6.07) is 9.36. The zero-order chi connectivity index (χ0) is 21.1. The first kappa shape index (κ1) is 20.3. The highest BCUT2D eigenvalue weighted by Crippen LogP contribution is 2.30. The number of carbonyl (C=O) groups is 2. The predicted molar refractivity (Wildman–Crippen MR) is 116 cm³/mol. The molecule has 0 bridgehead atoms. The van der Waals surface area contributed by atoms with Crippen molar-refractivity contribution in [1.29, 1.82) is 0 Å². The van der Waals surface area contributed by atoms with E-state index in [0.29, 0.717) is 30.4 Å². The summed E-state index contributed by atoms with van der Waals surface area (Å²) in [7, 11) is 0. The van der Waals surface area contributed by atoms with Crippen molar-refractivity contribution in [3.05, 3.63) is 52.0 Å². The van der Waals surface area contributed by atoms with Crippen LogP contribution in [-0.2, 0) is 4.79 Å². The van der Waals surface area contributed by atoms with Gasteiger partial charge >= 0.3 is 0 Å². The van der Waals surface area contributed by atoms with Gasteiger partial charge in [-0.25, -0.2) is 0 Å². The van der Waals surface area contributed by atoms with Crippen LogP contribution in [0.25, 0.3) is 11.4 Å². The molecule has 3 heterocycles. The molecule has 3 aromatic rings. The van der Waals surface area contributed by atoms with Crippen molar-refractivity contribution in [2.75, 3.05) is 18.4 Å². The molecule has 1 N–H and O–H groups in total. The lowest BCUT2D eigenvalue weighted by Gasteiger charge is -2.30. The molecule has 30 heavy (non-hydrogen) atoms. The Bertz CT molecular complexity index is 1060. The molecule has 0 aliphatic carbocycles. The van der Waals surface area contributed by atoms with Crippen molar-refractivity contribution in [3.8, 4) is 11.4 Å². The molecule has 0 spiro atoms. The lowest BCUT2D eigenvalue weighted by atomic mass is 9.97. The molecule has 0 unspecified atom stereocenters. The summed E-state index contributed by atoms with van der Waals surface area (Å²) in [5, 5.41) is 8.93. The topological polar surface area (TPSA) is 88.3 Å². The summed E-state index contributed by atoms with van der Waals surface area (Å²) in [6.07, 6.45) is 2.22. The third-order valence-electron chi connectivity index (χ3n) is 5.28. The van der Waals surface area contributed by atoms with E-state index < -0.39 is 0 Å². The molecule has 0 saturated carbocycles. The molecule has 156 valence electrons. The Labute approximate surface area is 179 Å². The number of aryl methyl sites for hydroxylation is 1. The van der Waals surface area contributed by atoms with Crippen molar-refractivity contribution >= 4 is 28.8 Å². The first-order chi connectivity index (χ1) is 14.5. The fraction of sp³-hybridized carbons (Fsp3) is 0.364. The number of thiophene rings is 1. The van der Waals surface area contributed by atoms with E-state index >= 15 is 0 Å². The van der Waals surface area contributed by atoms with Gasteiger partial charge in [0.25, 0.3) is 5.91 Å². The summed E-state index contributed by atoms with van der Waals surface area (Å²) in [6.45, 7) is 5.09. The highest BCUT2D eigenvalue weighted by Gasteiger charge is 2.30. The van der Waals surface area contributed by atoms with Crippen molar-refractivity contribution in [1.82, 2.24) is 15.0 Å². The van der Waals surface area contributed by atoms with Crippen LogP contribution in [0.4, 0.5) is 5.69 Å². The number of nitrogens with one attached hydrogen (secondary N) is 1. The van der Waals surface area contributed by atoms with Crippen LogP contribution in [-0.4, -0.2) is 39.9 Å². The van der Waals surface area contributed by atoms with E-state index in [1.54, 1.807) is 0 Å². The van der Waals surface area contributed by atoms with Crippen LogP contribution in [0.3, 0.4) is 0 Å². The molecular formula is C22H24N4O3S. The highest BCUT2D eigenvalue weighted by molar-refractivity contribution is 7.12. The van der Waals surface area contributed by atoms with Crippen molar-refractivity contribution in [2.24, 2.45) is 0 Å². The predicted octanol–water partition coefficient (Wildman–Crippen LogP) is 4.47. The number of nitrogens with zero attached hydrogens (tertiary/aromatic N) is 3. The fourth-order valence-corrected chi connectivity index (χ4v) is 4.49. The Balaban J connectivity index is 1.48. The molecule has 8 heteroatoms. The zero-order valence-electron chi connectivity index (χ0n) is 17.1. The molecule has 2 amide bonds. The maximum absolute atomic E-state index is 12.9. The van der Waals surface area contributed by atoms with Gasteiger partial charge in [-0.15, -0.1) is 11.3 Å². The number of amides is 2. The third kappa shape index (κ3) is 4.28. The Hall–Kier alpha value is -3.00. The van der Waals surface area contributed by atoms with Crippen LogP contribution in [0.1, 0.15) is 53.2 Å². The summed E-state index contributed by atoms with van der Waals surface area (Å²) in [4.78, 5) is 31.8. The van der Waals surface area contributed by atoms with Crippen LogP contribution in [0.15, 0.2) is 40.2 Å². The molecule has 0 radical (unpaired) electrons. The lowest BCUT2D eigenvalue weighted by Crippen LogP contribution is -2.39. The van der Waals surface area contributed by atoms with Crippen molar-refractivity contribution in [3.63, 3.8) is 0 Å².